The molecule has 0 spiro atoms. The predicted molar refractivity (Wildman–Crippen MR) is 75.7 cm³/mol. The molecule has 2 aromatic heterocycles. The third-order valence-electron chi connectivity index (χ3n) is 4.69. The van der Waals surface area contributed by atoms with Crippen molar-refractivity contribution in [3.05, 3.63) is 18.0 Å². The monoisotopic (exact) mass is 329 g/mol. The highest BCUT2D eigenvalue weighted by Gasteiger charge is 2.62. The van der Waals surface area contributed by atoms with Crippen LogP contribution < -0.4 is 10.5 Å². The zero-order chi connectivity index (χ0) is 17.2. The van der Waals surface area contributed by atoms with Gasteiger partial charge >= 0.3 is 6.18 Å². The molecule has 2 heterocycles. The molecule has 0 unspecified atom stereocenters. The fraction of sp³-hybridized carbons (Fsp3) is 0.643. The Kier molecular flexibility index (Phi) is 3.17. The Morgan fingerprint density at radius 1 is 1.13 bits per heavy atom. The lowest BCUT2D eigenvalue weighted by molar-refractivity contribution is -0.157. The number of nitrogens with two attached hydrogens (primary N) is 1. The van der Waals surface area contributed by atoms with E-state index in [1.54, 1.807) is 0 Å². The minimum Gasteiger partial charge on any atom is -0.472 e. The summed E-state index contributed by atoms with van der Waals surface area (Å²) in [5, 5.41) is 10.5. The van der Waals surface area contributed by atoms with Crippen molar-refractivity contribution in [2.24, 2.45) is 16.6 Å². The average molecular weight is 329 g/mol. The van der Waals surface area contributed by atoms with Crippen LogP contribution in [0.25, 0.3) is 5.65 Å². The van der Waals surface area contributed by atoms with E-state index in [4.69, 9.17) is 10.5 Å². The Hall–Kier alpha value is -1.90. The largest absolute Gasteiger partial charge is 0.472 e. The Bertz CT molecular complexity index is 736. The SMILES string of the molecule is CC1(C)C(N)C(C)(C)C1Oc1ccc2nnc(C(F)(F)F)n2n1. The summed E-state index contributed by atoms with van der Waals surface area (Å²) in [6.45, 7) is 7.86. The van der Waals surface area contributed by atoms with Crippen LogP contribution >= 0.6 is 0 Å². The maximum atomic E-state index is 12.9. The summed E-state index contributed by atoms with van der Waals surface area (Å²) in [6.07, 6.45) is -4.90. The molecule has 126 valence electrons. The molecule has 1 aliphatic carbocycles. The van der Waals surface area contributed by atoms with Crippen LogP contribution in [0.2, 0.25) is 0 Å². The molecule has 1 fully saturated rings. The number of aromatic nitrogens is 4. The number of nitrogens with zero attached hydrogens (tertiary/aromatic N) is 4. The van der Waals surface area contributed by atoms with Crippen LogP contribution in [-0.2, 0) is 6.18 Å². The van der Waals surface area contributed by atoms with E-state index in [0.29, 0.717) is 4.52 Å². The van der Waals surface area contributed by atoms with Crippen molar-refractivity contribution in [1.82, 2.24) is 19.8 Å². The molecule has 0 aromatic carbocycles. The van der Waals surface area contributed by atoms with Gasteiger partial charge in [-0.05, 0) is 6.07 Å². The van der Waals surface area contributed by atoms with Crippen molar-refractivity contribution in [3.8, 4) is 5.88 Å². The lowest BCUT2D eigenvalue weighted by atomic mass is 9.50. The normalized spacial score (nSPS) is 26.1. The Balaban J connectivity index is 1.96. The first-order valence-corrected chi connectivity index (χ1v) is 7.17. The van der Waals surface area contributed by atoms with Gasteiger partial charge in [0, 0.05) is 22.9 Å². The molecule has 6 nitrogen and oxygen atoms in total. The standard InChI is InChI=1S/C14H18F3N5O/c1-12(2)9(18)13(3,4)10(12)23-8-6-5-7-19-20-11(14(15,16)17)22(7)21-8/h5-6,9-10H,18H2,1-4H3. The van der Waals surface area contributed by atoms with Crippen molar-refractivity contribution in [2.45, 2.75) is 46.0 Å². The predicted octanol–water partition coefficient (Wildman–Crippen LogP) is 2.28. The van der Waals surface area contributed by atoms with Crippen molar-refractivity contribution < 1.29 is 17.9 Å². The zero-order valence-electron chi connectivity index (χ0n) is 13.2. The number of hydrogen-bond donors (Lipinski definition) is 1. The van der Waals surface area contributed by atoms with Gasteiger partial charge in [0.2, 0.25) is 5.88 Å². The van der Waals surface area contributed by atoms with Crippen LogP contribution in [0.5, 0.6) is 5.88 Å². The number of alkyl halides is 3. The molecule has 1 aliphatic rings. The molecule has 23 heavy (non-hydrogen) atoms. The first-order chi connectivity index (χ1) is 10.5. The van der Waals surface area contributed by atoms with E-state index >= 15 is 0 Å². The van der Waals surface area contributed by atoms with Gasteiger partial charge in [-0.25, -0.2) is 0 Å². The molecule has 2 N–H and O–H groups in total. The van der Waals surface area contributed by atoms with E-state index < -0.39 is 12.0 Å². The zero-order valence-corrected chi connectivity index (χ0v) is 13.2. The van der Waals surface area contributed by atoms with Gasteiger partial charge in [0.1, 0.15) is 6.10 Å². The summed E-state index contributed by atoms with van der Waals surface area (Å²) < 4.78 is 45.2. The summed E-state index contributed by atoms with van der Waals surface area (Å²) in [7, 11) is 0. The van der Waals surface area contributed by atoms with Gasteiger partial charge in [0.15, 0.2) is 5.65 Å². The highest BCUT2D eigenvalue weighted by Crippen LogP contribution is 2.54. The molecular weight excluding hydrogens is 311 g/mol. The second kappa shape index (κ2) is 4.56. The molecule has 1 saturated carbocycles. The van der Waals surface area contributed by atoms with Crippen LogP contribution in [0.15, 0.2) is 12.1 Å². The van der Waals surface area contributed by atoms with Gasteiger partial charge in [0.05, 0.1) is 0 Å². The van der Waals surface area contributed by atoms with E-state index in [0.717, 1.165) is 0 Å². The minimum atomic E-state index is -4.64. The summed E-state index contributed by atoms with van der Waals surface area (Å²) in [5.41, 5.74) is 5.56. The van der Waals surface area contributed by atoms with Crippen molar-refractivity contribution >= 4 is 5.65 Å². The molecule has 0 aliphatic heterocycles. The van der Waals surface area contributed by atoms with Crippen molar-refractivity contribution in [3.63, 3.8) is 0 Å². The first-order valence-electron chi connectivity index (χ1n) is 7.17. The number of fused-ring (bicyclic) bond motifs is 1. The fourth-order valence-electron chi connectivity index (χ4n) is 3.58. The van der Waals surface area contributed by atoms with E-state index in [2.05, 4.69) is 15.3 Å². The number of halogens is 3. The lowest BCUT2D eigenvalue weighted by Crippen LogP contribution is -2.73. The van der Waals surface area contributed by atoms with Crippen LogP contribution in [0.4, 0.5) is 13.2 Å². The van der Waals surface area contributed by atoms with Crippen LogP contribution in [-0.4, -0.2) is 32.0 Å². The van der Waals surface area contributed by atoms with Gasteiger partial charge < -0.3 is 10.5 Å². The van der Waals surface area contributed by atoms with Crippen LogP contribution in [0, 0.1) is 10.8 Å². The van der Waals surface area contributed by atoms with Gasteiger partial charge in [-0.15, -0.1) is 15.3 Å². The third kappa shape index (κ3) is 2.25. The molecule has 2 aromatic rings. The maximum absolute atomic E-state index is 12.9. The number of hydrogen-bond acceptors (Lipinski definition) is 5. The molecule has 0 atom stereocenters. The molecule has 0 saturated heterocycles. The Morgan fingerprint density at radius 2 is 1.74 bits per heavy atom. The van der Waals surface area contributed by atoms with Crippen LogP contribution in [0.1, 0.15) is 33.5 Å². The quantitative estimate of drug-likeness (QED) is 0.914. The highest BCUT2D eigenvalue weighted by atomic mass is 19.4. The molecule has 9 heteroatoms. The van der Waals surface area contributed by atoms with E-state index in [-0.39, 0.29) is 34.5 Å². The molecule has 0 amide bonds. The fourth-order valence-corrected chi connectivity index (χ4v) is 3.58. The Labute approximate surface area is 130 Å². The first kappa shape index (κ1) is 16.0. The van der Waals surface area contributed by atoms with E-state index in [1.807, 2.05) is 27.7 Å². The van der Waals surface area contributed by atoms with E-state index in [1.165, 1.54) is 12.1 Å². The van der Waals surface area contributed by atoms with Gasteiger partial charge in [0.25, 0.3) is 5.82 Å². The number of rotatable bonds is 2. The van der Waals surface area contributed by atoms with Crippen molar-refractivity contribution in [1.29, 1.82) is 0 Å². The van der Waals surface area contributed by atoms with Gasteiger partial charge in [-0.1, -0.05) is 27.7 Å². The second-order valence-electron chi connectivity index (χ2n) is 7.08. The molecule has 0 radical (unpaired) electrons. The van der Waals surface area contributed by atoms with Gasteiger partial charge in [-0.3, -0.25) is 0 Å². The summed E-state index contributed by atoms with van der Waals surface area (Å²) in [4.78, 5) is 0. The topological polar surface area (TPSA) is 78.3 Å². The Morgan fingerprint density at radius 3 is 2.30 bits per heavy atom. The average Bonchev–Trinajstić information content (AvgIpc) is 2.86. The summed E-state index contributed by atoms with van der Waals surface area (Å²) in [6, 6.07) is 2.80. The maximum Gasteiger partial charge on any atom is 0.453 e. The molecular formula is C14H18F3N5O. The number of ether oxygens (including phenoxy) is 1. The summed E-state index contributed by atoms with van der Waals surface area (Å²) in [5.74, 6) is -1.09. The molecule has 0 bridgehead atoms. The molecule has 3 rings (SSSR count). The van der Waals surface area contributed by atoms with Crippen LogP contribution in [0.3, 0.4) is 0 Å². The van der Waals surface area contributed by atoms with Gasteiger partial charge in [-0.2, -0.15) is 17.7 Å². The van der Waals surface area contributed by atoms with Crippen molar-refractivity contribution in [2.75, 3.05) is 0 Å². The minimum absolute atomic E-state index is 0.00788. The second-order valence-corrected chi connectivity index (χ2v) is 7.08. The smallest absolute Gasteiger partial charge is 0.453 e. The highest BCUT2D eigenvalue weighted by molar-refractivity contribution is 5.38. The van der Waals surface area contributed by atoms with E-state index in [9.17, 15) is 13.2 Å². The third-order valence-corrected chi connectivity index (χ3v) is 4.69. The lowest BCUT2D eigenvalue weighted by Gasteiger charge is -2.61. The summed E-state index contributed by atoms with van der Waals surface area (Å²) >= 11 is 0.